The lowest BCUT2D eigenvalue weighted by Crippen LogP contribution is -2.48. The van der Waals surface area contributed by atoms with Crippen molar-refractivity contribution < 1.29 is 0 Å². The lowest BCUT2D eigenvalue weighted by atomic mass is 9.93. The second kappa shape index (κ2) is 10.6. The molecule has 0 spiro atoms. The van der Waals surface area contributed by atoms with Crippen LogP contribution in [0.25, 0.3) is 0 Å². The standard InChI is InChI=1S/C22H29N7.HI/c1-18-8-10-27(16-21(18)28-11-9-24-17-28)22(23-2)25-12-20-13-26-29(15-20)14-19-6-4-3-5-7-19;/h3-7,9,11,13,15,17-18,21H,8,10,12,14,16H2,1-2H3,(H,23,25);1H. The van der Waals surface area contributed by atoms with Crippen molar-refractivity contribution in [2.45, 2.75) is 32.5 Å². The maximum absolute atomic E-state index is 4.52. The number of aliphatic imine (C=N–C) groups is 1. The second-order valence-corrected chi connectivity index (χ2v) is 7.72. The van der Waals surface area contributed by atoms with Crippen molar-refractivity contribution in [3.63, 3.8) is 0 Å². The number of benzene rings is 1. The highest BCUT2D eigenvalue weighted by Gasteiger charge is 2.28. The minimum atomic E-state index is 0. The van der Waals surface area contributed by atoms with E-state index in [9.17, 15) is 0 Å². The first-order valence-corrected chi connectivity index (χ1v) is 10.2. The van der Waals surface area contributed by atoms with E-state index in [1.807, 2.05) is 36.5 Å². The molecule has 4 rings (SSSR count). The fourth-order valence-electron chi connectivity index (χ4n) is 3.96. The Balaban J connectivity index is 0.00000256. The van der Waals surface area contributed by atoms with Crippen LogP contribution in [0.4, 0.5) is 0 Å². The van der Waals surface area contributed by atoms with E-state index in [-0.39, 0.29) is 24.0 Å². The maximum atomic E-state index is 4.52. The van der Waals surface area contributed by atoms with Gasteiger partial charge < -0.3 is 14.8 Å². The normalized spacial score (nSPS) is 19.4. The number of halogens is 1. The zero-order valence-electron chi connectivity index (χ0n) is 17.6. The van der Waals surface area contributed by atoms with E-state index in [1.165, 1.54) is 5.56 Å². The zero-order chi connectivity index (χ0) is 20.1. The first-order valence-electron chi connectivity index (χ1n) is 10.2. The molecule has 0 amide bonds. The van der Waals surface area contributed by atoms with E-state index in [0.717, 1.165) is 37.6 Å². The smallest absolute Gasteiger partial charge is 0.193 e. The zero-order valence-corrected chi connectivity index (χ0v) is 19.9. The molecule has 1 saturated heterocycles. The van der Waals surface area contributed by atoms with Crippen LogP contribution < -0.4 is 5.32 Å². The molecule has 0 saturated carbocycles. The summed E-state index contributed by atoms with van der Waals surface area (Å²) < 4.78 is 4.20. The summed E-state index contributed by atoms with van der Waals surface area (Å²) in [6, 6.07) is 10.8. The van der Waals surface area contributed by atoms with Crippen LogP contribution in [0.2, 0.25) is 0 Å². The molecule has 0 bridgehead atoms. The molecule has 30 heavy (non-hydrogen) atoms. The average molecular weight is 519 g/mol. The predicted octanol–water partition coefficient (Wildman–Crippen LogP) is 3.40. The van der Waals surface area contributed by atoms with Crippen LogP contribution in [0.1, 0.15) is 30.5 Å². The Labute approximate surface area is 195 Å². The Morgan fingerprint density at radius 1 is 1.23 bits per heavy atom. The highest BCUT2D eigenvalue weighted by atomic mass is 127. The number of hydrogen-bond donors (Lipinski definition) is 1. The minimum absolute atomic E-state index is 0. The third-order valence-corrected chi connectivity index (χ3v) is 5.66. The molecule has 2 unspecified atom stereocenters. The Bertz CT molecular complexity index is 920. The molecule has 2 aromatic heterocycles. The molecular weight excluding hydrogens is 489 g/mol. The summed E-state index contributed by atoms with van der Waals surface area (Å²) in [4.78, 5) is 11.1. The number of nitrogens with one attached hydrogen (secondary N) is 1. The number of nitrogens with zero attached hydrogens (tertiary/aromatic N) is 6. The fourth-order valence-corrected chi connectivity index (χ4v) is 3.96. The van der Waals surface area contributed by atoms with E-state index in [1.54, 1.807) is 0 Å². The molecule has 0 radical (unpaired) electrons. The van der Waals surface area contributed by atoms with Crippen molar-refractivity contribution >= 4 is 29.9 Å². The number of hydrogen-bond acceptors (Lipinski definition) is 3. The molecule has 8 heteroatoms. The van der Waals surface area contributed by atoms with Crippen LogP contribution in [0, 0.1) is 5.92 Å². The van der Waals surface area contributed by atoms with Crippen LogP contribution in [0.3, 0.4) is 0 Å². The summed E-state index contributed by atoms with van der Waals surface area (Å²) in [6.45, 7) is 5.76. The van der Waals surface area contributed by atoms with Gasteiger partial charge in [0, 0.05) is 50.8 Å². The van der Waals surface area contributed by atoms with E-state index >= 15 is 0 Å². The van der Waals surface area contributed by atoms with Gasteiger partial charge in [-0.1, -0.05) is 37.3 Å². The number of piperidine rings is 1. The van der Waals surface area contributed by atoms with E-state index in [4.69, 9.17) is 0 Å². The Morgan fingerprint density at radius 3 is 2.80 bits per heavy atom. The van der Waals surface area contributed by atoms with Crippen LogP contribution in [0.5, 0.6) is 0 Å². The summed E-state index contributed by atoms with van der Waals surface area (Å²) in [5.74, 6) is 1.56. The SMILES string of the molecule is CN=C(NCc1cnn(Cc2ccccc2)c1)N1CCC(C)C(n2ccnc2)C1.I. The van der Waals surface area contributed by atoms with E-state index < -0.39 is 0 Å². The quantitative estimate of drug-likeness (QED) is 0.319. The van der Waals surface area contributed by atoms with Crippen molar-refractivity contribution in [3.05, 3.63) is 72.6 Å². The molecule has 1 aliphatic heterocycles. The van der Waals surface area contributed by atoms with Crippen molar-refractivity contribution in [1.82, 2.24) is 29.5 Å². The molecule has 7 nitrogen and oxygen atoms in total. The number of aromatic nitrogens is 4. The lowest BCUT2D eigenvalue weighted by molar-refractivity contribution is 0.189. The van der Waals surface area contributed by atoms with E-state index in [2.05, 4.69) is 73.4 Å². The molecule has 1 fully saturated rings. The summed E-state index contributed by atoms with van der Waals surface area (Å²) in [5, 5.41) is 8.01. The third kappa shape index (κ3) is 5.41. The van der Waals surface area contributed by atoms with Crippen LogP contribution in [0.15, 0.2) is 66.4 Å². The predicted molar refractivity (Wildman–Crippen MR) is 130 cm³/mol. The number of rotatable bonds is 5. The van der Waals surface area contributed by atoms with Gasteiger partial charge in [0.25, 0.3) is 0 Å². The van der Waals surface area contributed by atoms with Gasteiger partial charge >= 0.3 is 0 Å². The van der Waals surface area contributed by atoms with Crippen molar-refractivity contribution in [2.75, 3.05) is 20.1 Å². The second-order valence-electron chi connectivity index (χ2n) is 7.72. The number of guanidine groups is 1. The molecule has 2 atom stereocenters. The molecule has 1 aliphatic rings. The fraction of sp³-hybridized carbons (Fsp3) is 0.409. The molecular formula is C22H30IN7. The molecule has 1 aromatic carbocycles. The molecule has 1 N–H and O–H groups in total. The lowest BCUT2D eigenvalue weighted by Gasteiger charge is -2.39. The van der Waals surface area contributed by atoms with Gasteiger partial charge in [0.05, 0.1) is 25.1 Å². The van der Waals surface area contributed by atoms with Crippen molar-refractivity contribution in [3.8, 4) is 0 Å². The Hall–Kier alpha value is -2.36. The van der Waals surface area contributed by atoms with E-state index in [0.29, 0.717) is 18.5 Å². The van der Waals surface area contributed by atoms with Crippen LogP contribution in [-0.2, 0) is 13.1 Å². The van der Waals surface area contributed by atoms with Crippen LogP contribution in [-0.4, -0.2) is 50.3 Å². The monoisotopic (exact) mass is 519 g/mol. The van der Waals surface area contributed by atoms with Gasteiger partial charge in [-0.3, -0.25) is 9.67 Å². The van der Waals surface area contributed by atoms with Gasteiger partial charge in [-0.25, -0.2) is 4.98 Å². The highest BCUT2D eigenvalue weighted by Crippen LogP contribution is 2.27. The first kappa shape index (κ1) is 22.3. The molecule has 3 aromatic rings. The average Bonchev–Trinajstić information content (AvgIpc) is 3.43. The summed E-state index contributed by atoms with van der Waals surface area (Å²) >= 11 is 0. The Kier molecular flexibility index (Phi) is 7.89. The number of imidazole rings is 1. The van der Waals surface area contributed by atoms with Crippen LogP contribution >= 0.6 is 24.0 Å². The summed E-state index contributed by atoms with van der Waals surface area (Å²) in [5.41, 5.74) is 2.40. The van der Waals surface area contributed by atoms with Gasteiger partial charge in [0.1, 0.15) is 0 Å². The summed E-state index contributed by atoms with van der Waals surface area (Å²) in [6.07, 6.45) is 11.0. The first-order chi connectivity index (χ1) is 14.2. The molecule has 3 heterocycles. The van der Waals surface area contributed by atoms with Crippen molar-refractivity contribution in [1.29, 1.82) is 0 Å². The molecule has 0 aliphatic carbocycles. The van der Waals surface area contributed by atoms with Gasteiger partial charge in [-0.05, 0) is 17.9 Å². The van der Waals surface area contributed by atoms with Gasteiger partial charge in [0.2, 0.25) is 0 Å². The Morgan fingerprint density at radius 2 is 2.07 bits per heavy atom. The van der Waals surface area contributed by atoms with Crippen molar-refractivity contribution in [2.24, 2.45) is 10.9 Å². The molecule has 160 valence electrons. The topological polar surface area (TPSA) is 63.3 Å². The summed E-state index contributed by atoms with van der Waals surface area (Å²) in [7, 11) is 1.85. The van der Waals surface area contributed by atoms with Gasteiger partial charge in [-0.2, -0.15) is 5.10 Å². The third-order valence-electron chi connectivity index (χ3n) is 5.66. The number of likely N-dealkylation sites (tertiary alicyclic amines) is 1. The largest absolute Gasteiger partial charge is 0.352 e. The highest BCUT2D eigenvalue weighted by molar-refractivity contribution is 14.0. The maximum Gasteiger partial charge on any atom is 0.193 e. The van der Waals surface area contributed by atoms with Gasteiger partial charge in [0.15, 0.2) is 5.96 Å². The van der Waals surface area contributed by atoms with Gasteiger partial charge in [-0.15, -0.1) is 24.0 Å². The minimum Gasteiger partial charge on any atom is -0.352 e.